The molecule has 2 N–H and O–H groups in total. The van der Waals surface area contributed by atoms with Gasteiger partial charge in [-0.2, -0.15) is 0 Å². The van der Waals surface area contributed by atoms with Crippen LogP contribution in [0.5, 0.6) is 0 Å². The fourth-order valence-electron chi connectivity index (χ4n) is 3.57. The molecule has 6 heteroatoms. The molecule has 2 heterocycles. The summed E-state index contributed by atoms with van der Waals surface area (Å²) >= 11 is 1.76. The maximum absolute atomic E-state index is 11.6. The highest BCUT2D eigenvalue weighted by Gasteiger charge is 2.31. The van der Waals surface area contributed by atoms with Crippen molar-refractivity contribution in [3.8, 4) is 0 Å². The van der Waals surface area contributed by atoms with Crippen LogP contribution in [0.1, 0.15) is 29.9 Å². The van der Waals surface area contributed by atoms with Crippen LogP contribution in [0.4, 0.5) is 0 Å². The van der Waals surface area contributed by atoms with Gasteiger partial charge in [0.05, 0.1) is 11.1 Å². The van der Waals surface area contributed by atoms with Crippen molar-refractivity contribution in [1.82, 2.24) is 15.5 Å². The zero-order chi connectivity index (χ0) is 16.1. The van der Waals surface area contributed by atoms with E-state index in [1.165, 1.54) is 17.5 Å². The highest BCUT2D eigenvalue weighted by Crippen LogP contribution is 2.35. The van der Waals surface area contributed by atoms with Crippen molar-refractivity contribution in [2.45, 2.75) is 31.1 Å². The number of halogens is 1. The summed E-state index contributed by atoms with van der Waals surface area (Å²) in [4.78, 5) is 14.2. The van der Waals surface area contributed by atoms with E-state index < -0.39 is 0 Å². The molecule has 1 aromatic carbocycles. The molecule has 134 valence electrons. The van der Waals surface area contributed by atoms with Gasteiger partial charge in [-0.05, 0) is 37.4 Å². The van der Waals surface area contributed by atoms with E-state index in [9.17, 15) is 4.79 Å². The van der Waals surface area contributed by atoms with Crippen molar-refractivity contribution < 1.29 is 4.79 Å². The van der Waals surface area contributed by atoms with Crippen LogP contribution < -0.4 is 10.6 Å². The minimum Gasteiger partial charge on any atom is -0.343 e. The average Bonchev–Trinajstić information content (AvgIpc) is 3.00. The highest BCUT2D eigenvalue weighted by molar-refractivity contribution is 8.01. The number of amides is 1. The lowest BCUT2D eigenvalue weighted by Gasteiger charge is -2.29. The summed E-state index contributed by atoms with van der Waals surface area (Å²) in [6, 6.07) is 8.63. The molecule has 2 aliphatic heterocycles. The minimum atomic E-state index is 0. The van der Waals surface area contributed by atoms with Gasteiger partial charge in [0, 0.05) is 32.1 Å². The quantitative estimate of drug-likeness (QED) is 0.808. The molecule has 2 aliphatic rings. The fraction of sp³-hybridized carbons (Fsp3) is 0.611. The van der Waals surface area contributed by atoms with Crippen LogP contribution in [0.3, 0.4) is 0 Å². The molecule has 0 radical (unpaired) electrons. The smallest absolute Gasteiger partial charge is 0.230 e. The molecule has 2 saturated heterocycles. The summed E-state index contributed by atoms with van der Waals surface area (Å²) in [7, 11) is 0. The second-order valence-electron chi connectivity index (χ2n) is 6.50. The van der Waals surface area contributed by atoms with E-state index in [-0.39, 0.29) is 23.7 Å². The first-order valence-electron chi connectivity index (χ1n) is 8.63. The molecule has 0 bridgehead atoms. The molecule has 3 rings (SSSR count). The summed E-state index contributed by atoms with van der Waals surface area (Å²) in [6.07, 6.45) is 2.32. The molecule has 2 atom stereocenters. The first-order chi connectivity index (χ1) is 11.2. The minimum absolute atomic E-state index is 0. The second kappa shape index (κ2) is 9.66. The zero-order valence-corrected chi connectivity index (χ0v) is 15.9. The van der Waals surface area contributed by atoms with E-state index in [1.807, 2.05) is 0 Å². The highest BCUT2D eigenvalue weighted by atomic mass is 35.5. The van der Waals surface area contributed by atoms with Crippen molar-refractivity contribution >= 4 is 30.1 Å². The number of carbonyl (C=O) groups excluding carboxylic acids is 1. The molecule has 0 aliphatic carbocycles. The van der Waals surface area contributed by atoms with Crippen molar-refractivity contribution in [2.24, 2.45) is 0 Å². The summed E-state index contributed by atoms with van der Waals surface area (Å²) in [5.41, 5.74) is 2.73. The number of hydrogen-bond donors (Lipinski definition) is 2. The Morgan fingerprint density at radius 3 is 2.71 bits per heavy atom. The predicted molar refractivity (Wildman–Crippen MR) is 104 cm³/mol. The van der Waals surface area contributed by atoms with Crippen LogP contribution in [0.25, 0.3) is 0 Å². The van der Waals surface area contributed by atoms with E-state index in [1.54, 1.807) is 11.8 Å². The predicted octanol–water partition coefficient (Wildman–Crippen LogP) is 2.37. The van der Waals surface area contributed by atoms with Crippen LogP contribution in [-0.2, 0) is 4.79 Å². The lowest BCUT2D eigenvalue weighted by atomic mass is 9.90. The summed E-state index contributed by atoms with van der Waals surface area (Å²) < 4.78 is 0. The van der Waals surface area contributed by atoms with Crippen LogP contribution in [0.15, 0.2) is 24.3 Å². The first kappa shape index (κ1) is 19.6. The Labute approximate surface area is 155 Å². The SMILES string of the molecule is Cc1ccccc1C(CCCN1CCNCC1)C1NC(=O)CS1.Cl. The summed E-state index contributed by atoms with van der Waals surface area (Å²) in [5, 5.41) is 6.80. The van der Waals surface area contributed by atoms with Gasteiger partial charge < -0.3 is 15.5 Å². The standard InChI is InChI=1S/C18H27N3OS.ClH/c1-14-5-2-3-6-15(14)16(18-20-17(22)13-23-18)7-4-10-21-11-8-19-9-12-21;/h2-3,5-6,16,18-19H,4,7-13H2,1H3,(H,20,22);1H. The molecule has 0 saturated carbocycles. The zero-order valence-electron chi connectivity index (χ0n) is 14.3. The normalized spacial score (nSPS) is 22.7. The van der Waals surface area contributed by atoms with Crippen molar-refractivity contribution in [1.29, 1.82) is 0 Å². The van der Waals surface area contributed by atoms with Crippen molar-refractivity contribution in [3.05, 3.63) is 35.4 Å². The molecule has 24 heavy (non-hydrogen) atoms. The third-order valence-corrected chi connectivity index (χ3v) is 6.08. The number of carbonyl (C=O) groups is 1. The Hall–Kier alpha value is -0.750. The average molecular weight is 370 g/mol. The molecular weight excluding hydrogens is 342 g/mol. The van der Waals surface area contributed by atoms with Crippen molar-refractivity contribution in [2.75, 3.05) is 38.5 Å². The maximum Gasteiger partial charge on any atom is 0.230 e. The van der Waals surface area contributed by atoms with Gasteiger partial charge in [-0.1, -0.05) is 24.3 Å². The van der Waals surface area contributed by atoms with E-state index in [0.29, 0.717) is 11.7 Å². The Morgan fingerprint density at radius 1 is 1.29 bits per heavy atom. The van der Waals surface area contributed by atoms with Gasteiger partial charge in [0.15, 0.2) is 0 Å². The third-order valence-electron chi connectivity index (χ3n) is 4.85. The third kappa shape index (κ3) is 5.12. The Balaban J connectivity index is 0.00000208. The monoisotopic (exact) mass is 369 g/mol. The Bertz CT molecular complexity index is 537. The molecule has 2 unspecified atom stereocenters. The molecule has 0 spiro atoms. The van der Waals surface area contributed by atoms with Crippen LogP contribution in [-0.4, -0.2) is 54.7 Å². The van der Waals surface area contributed by atoms with E-state index in [4.69, 9.17) is 0 Å². The van der Waals surface area contributed by atoms with Gasteiger partial charge in [0.1, 0.15) is 0 Å². The number of piperazine rings is 1. The van der Waals surface area contributed by atoms with Crippen LogP contribution >= 0.6 is 24.2 Å². The number of benzene rings is 1. The maximum atomic E-state index is 11.6. The Kier molecular flexibility index (Phi) is 7.88. The summed E-state index contributed by atoms with van der Waals surface area (Å²) in [5.74, 6) is 1.20. The van der Waals surface area contributed by atoms with Gasteiger partial charge in [0.25, 0.3) is 0 Å². The number of nitrogens with zero attached hydrogens (tertiary/aromatic N) is 1. The largest absolute Gasteiger partial charge is 0.343 e. The number of thioether (sulfide) groups is 1. The van der Waals surface area contributed by atoms with Gasteiger partial charge in [0.2, 0.25) is 5.91 Å². The van der Waals surface area contributed by atoms with Gasteiger partial charge in [-0.25, -0.2) is 0 Å². The van der Waals surface area contributed by atoms with Crippen molar-refractivity contribution in [3.63, 3.8) is 0 Å². The number of aryl methyl sites for hydroxylation is 1. The molecule has 4 nitrogen and oxygen atoms in total. The molecular formula is C18H28ClN3OS. The Morgan fingerprint density at radius 2 is 2.04 bits per heavy atom. The lowest BCUT2D eigenvalue weighted by molar-refractivity contribution is -0.118. The van der Waals surface area contributed by atoms with Crippen LogP contribution in [0, 0.1) is 6.92 Å². The molecule has 0 aromatic heterocycles. The van der Waals surface area contributed by atoms with E-state index in [0.717, 1.165) is 39.1 Å². The number of rotatable bonds is 6. The first-order valence-corrected chi connectivity index (χ1v) is 9.68. The lowest BCUT2D eigenvalue weighted by Crippen LogP contribution is -2.43. The summed E-state index contributed by atoms with van der Waals surface area (Å²) in [6.45, 7) is 7.87. The van der Waals surface area contributed by atoms with E-state index >= 15 is 0 Å². The van der Waals surface area contributed by atoms with E-state index in [2.05, 4.69) is 46.7 Å². The molecule has 1 amide bonds. The molecule has 2 fully saturated rings. The second-order valence-corrected chi connectivity index (χ2v) is 7.63. The van der Waals surface area contributed by atoms with Gasteiger partial charge in [-0.15, -0.1) is 24.2 Å². The van der Waals surface area contributed by atoms with Gasteiger partial charge in [-0.3, -0.25) is 4.79 Å². The fourth-order valence-corrected chi connectivity index (χ4v) is 4.71. The van der Waals surface area contributed by atoms with Gasteiger partial charge >= 0.3 is 0 Å². The topological polar surface area (TPSA) is 44.4 Å². The number of nitrogens with one attached hydrogen (secondary N) is 2. The molecule has 1 aromatic rings. The number of hydrogen-bond acceptors (Lipinski definition) is 4. The van der Waals surface area contributed by atoms with Crippen LogP contribution in [0.2, 0.25) is 0 Å².